The van der Waals surface area contributed by atoms with Gasteiger partial charge in [0.1, 0.15) is 0 Å². The monoisotopic (exact) mass is 208 g/mol. The van der Waals surface area contributed by atoms with E-state index in [1.807, 2.05) is 6.08 Å². The largest absolute Gasteiger partial charge is 0.501 e. The molecule has 0 unspecified atom stereocenters. The van der Waals surface area contributed by atoms with Crippen LogP contribution in [-0.2, 0) is 11.2 Å². The summed E-state index contributed by atoms with van der Waals surface area (Å²) >= 11 is 0. The van der Waals surface area contributed by atoms with Crippen molar-refractivity contribution in [2.24, 2.45) is 0 Å². The van der Waals surface area contributed by atoms with Crippen LogP contribution in [0.2, 0.25) is 0 Å². The molecule has 0 atom stereocenters. The summed E-state index contributed by atoms with van der Waals surface area (Å²) in [5.41, 5.74) is 1.35. The van der Waals surface area contributed by atoms with Crippen molar-refractivity contribution in [2.45, 2.75) is 12.8 Å². The van der Waals surface area contributed by atoms with Crippen LogP contribution in [-0.4, -0.2) is 14.2 Å². The molecule has 0 spiro atoms. The predicted octanol–water partition coefficient (Wildman–Crippen LogP) is 1.58. The maximum atomic E-state index is 11.2. The summed E-state index contributed by atoms with van der Waals surface area (Å²) in [4.78, 5) is 11.2. The van der Waals surface area contributed by atoms with Gasteiger partial charge in [0.2, 0.25) is 0 Å². The Hall–Kier alpha value is -1.71. The average molecular weight is 208 g/mol. The minimum absolute atomic E-state index is 0.309. The molecule has 80 valence electrons. The Morgan fingerprint density at radius 3 is 2.73 bits per heavy atom. The van der Waals surface area contributed by atoms with Crippen LogP contribution in [0.15, 0.2) is 21.0 Å². The van der Waals surface area contributed by atoms with E-state index in [0.717, 1.165) is 29.7 Å². The minimum Gasteiger partial charge on any atom is -0.501 e. The van der Waals surface area contributed by atoms with Crippen molar-refractivity contribution in [1.29, 1.82) is 0 Å². The SMILES string of the molecule is COC1=Cc2cc(=O)oc(OC)c2CC1. The Morgan fingerprint density at radius 2 is 2.07 bits per heavy atom. The van der Waals surface area contributed by atoms with E-state index < -0.39 is 5.63 Å². The first-order valence-corrected chi connectivity index (χ1v) is 4.70. The maximum Gasteiger partial charge on any atom is 0.339 e. The van der Waals surface area contributed by atoms with Gasteiger partial charge in [-0.1, -0.05) is 0 Å². The number of fused-ring (bicyclic) bond motifs is 1. The Morgan fingerprint density at radius 1 is 1.27 bits per heavy atom. The van der Waals surface area contributed by atoms with Crippen LogP contribution < -0.4 is 10.4 Å². The first-order valence-electron chi connectivity index (χ1n) is 4.70. The number of rotatable bonds is 2. The van der Waals surface area contributed by atoms with E-state index in [1.165, 1.54) is 13.2 Å². The molecule has 0 amide bonds. The van der Waals surface area contributed by atoms with E-state index in [9.17, 15) is 4.79 Å². The van der Waals surface area contributed by atoms with Gasteiger partial charge in [-0.25, -0.2) is 4.79 Å². The Labute approximate surface area is 87.1 Å². The zero-order valence-electron chi connectivity index (χ0n) is 8.70. The first-order chi connectivity index (χ1) is 7.24. The summed E-state index contributed by atoms with van der Waals surface area (Å²) in [5.74, 6) is 1.18. The molecule has 1 heterocycles. The van der Waals surface area contributed by atoms with Gasteiger partial charge >= 0.3 is 5.63 Å². The zero-order valence-corrected chi connectivity index (χ0v) is 8.70. The van der Waals surface area contributed by atoms with Gasteiger partial charge in [0.05, 0.1) is 20.0 Å². The van der Waals surface area contributed by atoms with Crippen LogP contribution >= 0.6 is 0 Å². The summed E-state index contributed by atoms with van der Waals surface area (Å²) in [7, 11) is 3.12. The molecule has 4 nitrogen and oxygen atoms in total. The number of allylic oxidation sites excluding steroid dienone is 1. The van der Waals surface area contributed by atoms with Crippen LogP contribution in [0.25, 0.3) is 6.08 Å². The van der Waals surface area contributed by atoms with Crippen LogP contribution in [0.4, 0.5) is 0 Å². The molecule has 1 aromatic heterocycles. The van der Waals surface area contributed by atoms with Gasteiger partial charge < -0.3 is 13.9 Å². The second kappa shape index (κ2) is 3.81. The zero-order chi connectivity index (χ0) is 10.8. The van der Waals surface area contributed by atoms with Crippen LogP contribution in [0.5, 0.6) is 5.95 Å². The second-order valence-corrected chi connectivity index (χ2v) is 3.31. The van der Waals surface area contributed by atoms with Gasteiger partial charge in [-0.15, -0.1) is 0 Å². The normalized spacial score (nSPS) is 14.1. The molecule has 0 saturated heterocycles. The molecule has 2 rings (SSSR count). The fourth-order valence-corrected chi connectivity index (χ4v) is 1.71. The lowest BCUT2D eigenvalue weighted by molar-refractivity contribution is 0.267. The lowest BCUT2D eigenvalue weighted by Crippen LogP contribution is -2.08. The van der Waals surface area contributed by atoms with E-state index in [-0.39, 0.29) is 0 Å². The number of hydrogen-bond acceptors (Lipinski definition) is 4. The van der Waals surface area contributed by atoms with Crippen molar-refractivity contribution in [3.8, 4) is 5.95 Å². The molecule has 4 heteroatoms. The van der Waals surface area contributed by atoms with Crippen molar-refractivity contribution < 1.29 is 13.9 Å². The van der Waals surface area contributed by atoms with E-state index in [4.69, 9.17) is 13.9 Å². The highest BCUT2D eigenvalue weighted by atomic mass is 16.6. The summed E-state index contributed by atoms with van der Waals surface area (Å²) in [6.07, 6.45) is 3.41. The third kappa shape index (κ3) is 1.75. The standard InChI is InChI=1S/C11H12O4/c1-13-8-3-4-9-7(5-8)6-10(12)15-11(9)14-2/h5-6H,3-4H2,1-2H3. The third-order valence-corrected chi connectivity index (χ3v) is 2.45. The molecular weight excluding hydrogens is 196 g/mol. The maximum absolute atomic E-state index is 11.2. The molecule has 0 bridgehead atoms. The molecule has 0 radical (unpaired) electrons. The highest BCUT2D eigenvalue weighted by molar-refractivity contribution is 5.59. The smallest absolute Gasteiger partial charge is 0.339 e. The lowest BCUT2D eigenvalue weighted by Gasteiger charge is -2.16. The van der Waals surface area contributed by atoms with Crippen molar-refractivity contribution in [3.63, 3.8) is 0 Å². The molecule has 1 aliphatic rings. The topological polar surface area (TPSA) is 48.7 Å². The van der Waals surface area contributed by atoms with Crippen molar-refractivity contribution >= 4 is 6.08 Å². The molecule has 1 aliphatic carbocycles. The predicted molar refractivity (Wildman–Crippen MR) is 54.8 cm³/mol. The minimum atomic E-state index is -0.404. The molecule has 0 saturated carbocycles. The molecule has 1 aromatic rings. The molecule has 0 aliphatic heterocycles. The van der Waals surface area contributed by atoms with Crippen LogP contribution in [0, 0.1) is 0 Å². The number of hydrogen-bond donors (Lipinski definition) is 0. The van der Waals surface area contributed by atoms with E-state index in [0.29, 0.717) is 5.95 Å². The van der Waals surface area contributed by atoms with Gasteiger partial charge in [0.15, 0.2) is 0 Å². The number of methoxy groups -OCH3 is 2. The summed E-state index contributed by atoms with van der Waals surface area (Å²) in [6.45, 7) is 0. The van der Waals surface area contributed by atoms with Crippen LogP contribution in [0.1, 0.15) is 17.5 Å². The van der Waals surface area contributed by atoms with Gasteiger partial charge in [0.25, 0.3) is 5.95 Å². The second-order valence-electron chi connectivity index (χ2n) is 3.31. The Balaban J connectivity index is 2.56. The van der Waals surface area contributed by atoms with Crippen molar-refractivity contribution in [3.05, 3.63) is 33.4 Å². The average Bonchev–Trinajstić information content (AvgIpc) is 2.26. The van der Waals surface area contributed by atoms with Gasteiger partial charge in [-0.05, 0) is 18.1 Å². The Kier molecular flexibility index (Phi) is 2.49. The molecule has 0 fully saturated rings. The molecule has 15 heavy (non-hydrogen) atoms. The van der Waals surface area contributed by atoms with Crippen LogP contribution in [0.3, 0.4) is 0 Å². The molecule has 0 N–H and O–H groups in total. The van der Waals surface area contributed by atoms with Gasteiger partial charge in [0, 0.05) is 18.1 Å². The van der Waals surface area contributed by atoms with Gasteiger partial charge in [-0.2, -0.15) is 0 Å². The lowest BCUT2D eigenvalue weighted by atomic mass is 9.98. The fraction of sp³-hybridized carbons (Fsp3) is 0.364. The highest BCUT2D eigenvalue weighted by Crippen LogP contribution is 2.29. The highest BCUT2D eigenvalue weighted by Gasteiger charge is 2.17. The van der Waals surface area contributed by atoms with Crippen molar-refractivity contribution in [1.82, 2.24) is 0 Å². The Bertz CT molecular complexity index is 456. The number of ether oxygens (including phenoxy) is 2. The third-order valence-electron chi connectivity index (χ3n) is 2.45. The van der Waals surface area contributed by atoms with Crippen molar-refractivity contribution in [2.75, 3.05) is 14.2 Å². The quantitative estimate of drug-likeness (QED) is 0.740. The van der Waals surface area contributed by atoms with Gasteiger partial charge in [-0.3, -0.25) is 0 Å². The molecular formula is C11H12O4. The molecule has 0 aromatic carbocycles. The summed E-state index contributed by atoms with van der Waals surface area (Å²) in [6, 6.07) is 1.45. The summed E-state index contributed by atoms with van der Waals surface area (Å²) in [5, 5.41) is 0. The fourth-order valence-electron chi connectivity index (χ4n) is 1.71. The van der Waals surface area contributed by atoms with E-state index >= 15 is 0 Å². The first kappa shape index (κ1) is 9.83. The summed E-state index contributed by atoms with van der Waals surface area (Å²) < 4.78 is 15.1. The van der Waals surface area contributed by atoms with E-state index in [1.54, 1.807) is 7.11 Å². The van der Waals surface area contributed by atoms with E-state index in [2.05, 4.69) is 0 Å².